The number of ether oxygens (including phenoxy) is 2. The third-order valence-corrected chi connectivity index (χ3v) is 2.25. The number of esters is 1. The molecule has 7 heteroatoms. The van der Waals surface area contributed by atoms with Crippen molar-refractivity contribution in [2.75, 3.05) is 13.2 Å². The predicted octanol–water partition coefficient (Wildman–Crippen LogP) is 1.66. The Hall–Kier alpha value is -2.44. The van der Waals surface area contributed by atoms with Gasteiger partial charge in [-0.25, -0.2) is 4.79 Å². The molecule has 1 aromatic carbocycles. The van der Waals surface area contributed by atoms with E-state index in [0.717, 1.165) is 6.07 Å². The van der Waals surface area contributed by atoms with E-state index in [0.29, 0.717) is 11.8 Å². The molecule has 0 aliphatic carbocycles. The second-order valence-corrected chi connectivity index (χ2v) is 3.65. The molecule has 0 spiro atoms. The first-order chi connectivity index (χ1) is 8.99. The third-order valence-electron chi connectivity index (χ3n) is 2.25. The number of hydrogen-bond donors (Lipinski definition) is 0. The zero-order chi connectivity index (χ0) is 14.4. The Morgan fingerprint density at radius 2 is 2.16 bits per heavy atom. The van der Waals surface area contributed by atoms with Crippen LogP contribution in [0.3, 0.4) is 0 Å². The van der Waals surface area contributed by atoms with Crippen LogP contribution in [0.4, 0.5) is 5.69 Å². The van der Waals surface area contributed by atoms with Gasteiger partial charge in [0, 0.05) is 11.6 Å². The molecule has 102 valence electrons. The molecule has 0 bridgehead atoms. The van der Waals surface area contributed by atoms with Gasteiger partial charge in [0.25, 0.3) is 0 Å². The van der Waals surface area contributed by atoms with Gasteiger partial charge in [-0.2, -0.15) is 0 Å². The molecule has 1 aromatic rings. The molecular formula is C12H13NO6. The number of carbonyl (C=O) groups excluding carboxylic acids is 2. The van der Waals surface area contributed by atoms with Gasteiger partial charge in [-0.15, -0.1) is 0 Å². The van der Waals surface area contributed by atoms with Crippen LogP contribution in [0.1, 0.15) is 22.8 Å². The van der Waals surface area contributed by atoms with Gasteiger partial charge in [-0.1, -0.05) is 0 Å². The summed E-state index contributed by atoms with van der Waals surface area (Å²) in [6, 6.07) is 2.54. The molecule has 0 aromatic heterocycles. The zero-order valence-corrected chi connectivity index (χ0v) is 10.5. The fraction of sp³-hybridized carbons (Fsp3) is 0.333. The summed E-state index contributed by atoms with van der Waals surface area (Å²) >= 11 is 0. The number of hydrogen-bond acceptors (Lipinski definition) is 6. The largest absolute Gasteiger partial charge is 0.475 e. The van der Waals surface area contributed by atoms with Crippen molar-refractivity contribution in [3.05, 3.63) is 33.4 Å². The fourth-order valence-electron chi connectivity index (χ4n) is 1.51. The highest BCUT2D eigenvalue weighted by molar-refractivity contribution is 5.78. The second kappa shape index (κ2) is 6.48. The molecule has 1 rings (SSSR count). The highest BCUT2D eigenvalue weighted by Gasteiger charge is 2.20. The number of nitro groups is 1. The van der Waals surface area contributed by atoms with Gasteiger partial charge in [0.15, 0.2) is 6.61 Å². The van der Waals surface area contributed by atoms with E-state index in [2.05, 4.69) is 4.74 Å². The second-order valence-electron chi connectivity index (χ2n) is 3.65. The van der Waals surface area contributed by atoms with Crippen molar-refractivity contribution in [2.24, 2.45) is 0 Å². The first kappa shape index (κ1) is 14.6. The van der Waals surface area contributed by atoms with Gasteiger partial charge in [0.05, 0.1) is 11.5 Å². The van der Waals surface area contributed by atoms with Crippen LogP contribution >= 0.6 is 0 Å². The Bertz CT molecular complexity index is 511. The van der Waals surface area contributed by atoms with E-state index in [4.69, 9.17) is 4.74 Å². The van der Waals surface area contributed by atoms with Crippen LogP contribution in [0.5, 0.6) is 5.75 Å². The fourth-order valence-corrected chi connectivity index (χ4v) is 1.51. The van der Waals surface area contributed by atoms with Crippen molar-refractivity contribution < 1.29 is 24.0 Å². The first-order valence-electron chi connectivity index (χ1n) is 5.52. The maximum Gasteiger partial charge on any atom is 0.344 e. The van der Waals surface area contributed by atoms with E-state index >= 15 is 0 Å². The molecule has 0 saturated carbocycles. The molecule has 0 saturated heterocycles. The number of aldehydes is 1. The van der Waals surface area contributed by atoms with Crippen LogP contribution in [0, 0.1) is 17.0 Å². The maximum absolute atomic E-state index is 11.2. The Kier molecular flexibility index (Phi) is 4.99. The van der Waals surface area contributed by atoms with E-state index in [9.17, 15) is 19.7 Å². The van der Waals surface area contributed by atoms with Gasteiger partial charge in [0.2, 0.25) is 5.75 Å². The molecule has 7 nitrogen and oxygen atoms in total. The lowest BCUT2D eigenvalue weighted by Gasteiger charge is -2.09. The van der Waals surface area contributed by atoms with Crippen molar-refractivity contribution in [2.45, 2.75) is 13.8 Å². The summed E-state index contributed by atoms with van der Waals surface area (Å²) < 4.78 is 9.77. The van der Waals surface area contributed by atoms with E-state index in [-0.39, 0.29) is 23.6 Å². The van der Waals surface area contributed by atoms with Crippen molar-refractivity contribution in [1.82, 2.24) is 0 Å². The lowest BCUT2D eigenvalue weighted by atomic mass is 10.1. The highest BCUT2D eigenvalue weighted by atomic mass is 16.6. The minimum absolute atomic E-state index is 0.0383. The summed E-state index contributed by atoms with van der Waals surface area (Å²) in [5, 5.41) is 10.9. The average molecular weight is 267 g/mol. The molecule has 0 radical (unpaired) electrons. The summed E-state index contributed by atoms with van der Waals surface area (Å²) in [6.45, 7) is 2.98. The van der Waals surface area contributed by atoms with Crippen molar-refractivity contribution in [1.29, 1.82) is 0 Å². The Labute approximate surface area is 109 Å². The van der Waals surface area contributed by atoms with Crippen molar-refractivity contribution >= 4 is 17.9 Å². The number of aryl methyl sites for hydroxylation is 1. The molecule has 0 N–H and O–H groups in total. The van der Waals surface area contributed by atoms with Crippen LogP contribution in [0.25, 0.3) is 0 Å². The Balaban J connectivity index is 3.02. The van der Waals surface area contributed by atoms with E-state index < -0.39 is 17.5 Å². The molecule has 0 aliphatic rings. The lowest BCUT2D eigenvalue weighted by Crippen LogP contribution is -2.15. The molecule has 0 atom stereocenters. The molecule has 0 amide bonds. The number of nitrogens with zero attached hydrogens (tertiary/aromatic N) is 1. The average Bonchev–Trinajstić information content (AvgIpc) is 2.36. The number of benzene rings is 1. The maximum atomic E-state index is 11.2. The third kappa shape index (κ3) is 3.77. The summed E-state index contributed by atoms with van der Waals surface area (Å²) in [4.78, 5) is 32.1. The van der Waals surface area contributed by atoms with Gasteiger partial charge in [0.1, 0.15) is 6.29 Å². The van der Waals surface area contributed by atoms with Crippen molar-refractivity contribution in [3.8, 4) is 5.75 Å². The molecule has 0 heterocycles. The zero-order valence-electron chi connectivity index (χ0n) is 10.5. The Morgan fingerprint density at radius 3 is 2.68 bits per heavy atom. The number of rotatable bonds is 6. The summed E-state index contributed by atoms with van der Waals surface area (Å²) in [5.74, 6) is -0.653. The quantitative estimate of drug-likeness (QED) is 0.336. The Morgan fingerprint density at radius 1 is 1.47 bits per heavy atom. The van der Waals surface area contributed by atoms with Crippen LogP contribution in [0.15, 0.2) is 12.1 Å². The van der Waals surface area contributed by atoms with E-state index in [1.54, 1.807) is 13.8 Å². The molecular weight excluding hydrogens is 254 g/mol. The SMILES string of the molecule is CCOC(=O)COc1c(C)cc(C=O)cc1[N+](=O)[O-]. The minimum atomic E-state index is -0.666. The van der Waals surface area contributed by atoms with Crippen LogP contribution in [0.2, 0.25) is 0 Å². The monoisotopic (exact) mass is 267 g/mol. The van der Waals surface area contributed by atoms with Gasteiger partial charge in [-0.3, -0.25) is 14.9 Å². The highest BCUT2D eigenvalue weighted by Crippen LogP contribution is 2.31. The van der Waals surface area contributed by atoms with Gasteiger partial charge >= 0.3 is 11.7 Å². The summed E-state index contributed by atoms with van der Waals surface area (Å²) in [6.07, 6.45) is 0.509. The lowest BCUT2D eigenvalue weighted by molar-refractivity contribution is -0.385. The van der Waals surface area contributed by atoms with E-state index in [1.165, 1.54) is 6.07 Å². The summed E-state index contributed by atoms with van der Waals surface area (Å²) in [7, 11) is 0. The molecule has 19 heavy (non-hydrogen) atoms. The molecule has 0 aliphatic heterocycles. The molecule has 0 unspecified atom stereocenters. The van der Waals surface area contributed by atoms with Crippen LogP contribution in [-0.4, -0.2) is 30.4 Å². The van der Waals surface area contributed by atoms with Gasteiger partial charge < -0.3 is 9.47 Å². The van der Waals surface area contributed by atoms with Crippen LogP contribution < -0.4 is 4.74 Å². The standard InChI is InChI=1S/C12H13NO6/c1-3-18-11(15)7-19-12-8(2)4-9(6-14)5-10(12)13(16)17/h4-6H,3,7H2,1-2H3. The van der Waals surface area contributed by atoms with E-state index in [1.807, 2.05) is 0 Å². The minimum Gasteiger partial charge on any atom is -0.475 e. The predicted molar refractivity (Wildman–Crippen MR) is 65.3 cm³/mol. The normalized spacial score (nSPS) is 9.79. The van der Waals surface area contributed by atoms with Crippen molar-refractivity contribution in [3.63, 3.8) is 0 Å². The number of nitro benzene ring substituents is 1. The topological polar surface area (TPSA) is 95.7 Å². The smallest absolute Gasteiger partial charge is 0.344 e. The molecule has 0 fully saturated rings. The van der Waals surface area contributed by atoms with Gasteiger partial charge in [-0.05, 0) is 25.5 Å². The number of carbonyl (C=O) groups is 2. The first-order valence-corrected chi connectivity index (χ1v) is 5.52. The van der Waals surface area contributed by atoms with Crippen LogP contribution in [-0.2, 0) is 9.53 Å². The summed E-state index contributed by atoms with van der Waals surface area (Å²) in [5.41, 5.74) is 0.222.